The molecule has 0 fully saturated rings. The van der Waals surface area contributed by atoms with E-state index in [0.29, 0.717) is 0 Å². The zero-order chi connectivity index (χ0) is 13.8. The first-order valence-electron chi connectivity index (χ1n) is 7.24. The monoisotopic (exact) mass is 261 g/mol. The molecule has 0 saturated carbocycles. The van der Waals surface area contributed by atoms with E-state index in [0.717, 1.165) is 36.9 Å². The molecule has 104 valence electrons. The molecule has 1 aromatic rings. The summed E-state index contributed by atoms with van der Waals surface area (Å²) in [7, 11) is 0. The molecule has 1 amide bonds. The summed E-state index contributed by atoms with van der Waals surface area (Å²) >= 11 is 0. The average Bonchev–Trinajstić information content (AvgIpc) is 2.70. The van der Waals surface area contributed by atoms with Crippen LogP contribution in [0.25, 0.3) is 0 Å². The molecular weight excluding hydrogens is 238 g/mol. The Bertz CT molecular complexity index is 444. The van der Waals surface area contributed by atoms with Crippen molar-refractivity contribution in [1.82, 2.24) is 4.90 Å². The summed E-state index contributed by atoms with van der Waals surface area (Å²) in [4.78, 5) is 14.3. The van der Waals surface area contributed by atoms with Gasteiger partial charge >= 0.3 is 0 Å². The molecule has 1 aromatic carbocycles. The van der Waals surface area contributed by atoms with Crippen molar-refractivity contribution in [3.8, 4) is 0 Å². The van der Waals surface area contributed by atoms with Gasteiger partial charge in [0.2, 0.25) is 0 Å². The predicted molar refractivity (Wildman–Crippen MR) is 76.0 cm³/mol. The minimum atomic E-state index is -0.204. The first-order chi connectivity index (χ1) is 9.19. The van der Waals surface area contributed by atoms with Gasteiger partial charge in [-0.2, -0.15) is 0 Å². The van der Waals surface area contributed by atoms with Gasteiger partial charge in [-0.05, 0) is 25.8 Å². The Morgan fingerprint density at radius 2 is 2.05 bits per heavy atom. The van der Waals surface area contributed by atoms with Crippen LogP contribution in [-0.4, -0.2) is 23.5 Å². The van der Waals surface area contributed by atoms with E-state index in [2.05, 4.69) is 20.8 Å². The van der Waals surface area contributed by atoms with Gasteiger partial charge in [-0.3, -0.25) is 4.79 Å². The Kier molecular flexibility index (Phi) is 4.59. The number of unbranched alkanes of at least 4 members (excludes halogenated alkanes) is 1. The van der Waals surface area contributed by atoms with E-state index in [1.54, 1.807) is 0 Å². The van der Waals surface area contributed by atoms with Crippen molar-refractivity contribution in [2.75, 3.05) is 6.54 Å². The van der Waals surface area contributed by atoms with Gasteiger partial charge < -0.3 is 9.64 Å². The predicted octanol–water partition coefficient (Wildman–Crippen LogP) is 3.76. The molecule has 0 aliphatic carbocycles. The van der Waals surface area contributed by atoms with Crippen LogP contribution in [0.5, 0.6) is 0 Å². The Balaban J connectivity index is 2.25. The number of nitrogens with zero attached hydrogens (tertiary/aromatic N) is 1. The fourth-order valence-corrected chi connectivity index (χ4v) is 2.35. The minimum Gasteiger partial charge on any atom is -0.351 e. The molecule has 0 radical (unpaired) electrons. The highest BCUT2D eigenvalue weighted by Gasteiger charge is 2.37. The quantitative estimate of drug-likeness (QED) is 0.780. The van der Waals surface area contributed by atoms with Crippen LogP contribution in [0.2, 0.25) is 0 Å². The molecule has 0 spiro atoms. The van der Waals surface area contributed by atoms with Crippen LogP contribution < -0.4 is 0 Å². The van der Waals surface area contributed by atoms with Crippen LogP contribution in [0.15, 0.2) is 24.3 Å². The van der Waals surface area contributed by atoms with Gasteiger partial charge in [0.05, 0.1) is 6.10 Å². The number of benzene rings is 1. The fourth-order valence-electron chi connectivity index (χ4n) is 2.35. The Labute approximate surface area is 115 Å². The van der Waals surface area contributed by atoms with Gasteiger partial charge in [0.25, 0.3) is 5.91 Å². The minimum absolute atomic E-state index is 0.109. The number of carbonyl (C=O) groups excluding carboxylic acids is 1. The highest BCUT2D eigenvalue weighted by molar-refractivity contribution is 5.98. The fraction of sp³-hybridized carbons (Fsp3) is 0.562. The molecule has 0 unspecified atom stereocenters. The molecule has 1 aliphatic rings. The van der Waals surface area contributed by atoms with E-state index in [1.807, 2.05) is 29.2 Å². The summed E-state index contributed by atoms with van der Waals surface area (Å²) < 4.78 is 6.07. The molecule has 0 N–H and O–H groups in total. The van der Waals surface area contributed by atoms with Crippen LogP contribution in [0.4, 0.5) is 0 Å². The zero-order valence-electron chi connectivity index (χ0n) is 12.1. The van der Waals surface area contributed by atoms with Crippen LogP contribution >= 0.6 is 0 Å². The molecule has 3 nitrogen and oxygen atoms in total. The lowest BCUT2D eigenvalue weighted by molar-refractivity contribution is -0.0763. The number of rotatable bonds is 6. The largest absolute Gasteiger partial charge is 0.351 e. The third-order valence-corrected chi connectivity index (χ3v) is 3.69. The van der Waals surface area contributed by atoms with Crippen LogP contribution in [0.1, 0.15) is 62.2 Å². The molecule has 2 atom stereocenters. The van der Waals surface area contributed by atoms with E-state index in [4.69, 9.17) is 4.74 Å². The number of amides is 1. The molecule has 19 heavy (non-hydrogen) atoms. The van der Waals surface area contributed by atoms with E-state index in [-0.39, 0.29) is 18.2 Å². The first kappa shape index (κ1) is 14.1. The van der Waals surface area contributed by atoms with Crippen molar-refractivity contribution in [1.29, 1.82) is 0 Å². The molecule has 2 rings (SSSR count). The van der Waals surface area contributed by atoms with Crippen molar-refractivity contribution in [3.05, 3.63) is 35.4 Å². The molecule has 3 heteroatoms. The summed E-state index contributed by atoms with van der Waals surface area (Å²) in [6, 6.07) is 7.80. The average molecular weight is 261 g/mol. The van der Waals surface area contributed by atoms with Gasteiger partial charge in [-0.1, -0.05) is 38.5 Å². The molecule has 0 saturated heterocycles. The van der Waals surface area contributed by atoms with E-state index >= 15 is 0 Å². The Morgan fingerprint density at radius 3 is 2.74 bits per heavy atom. The Hall–Kier alpha value is -1.35. The smallest absolute Gasteiger partial charge is 0.256 e. The normalized spacial score (nSPS) is 19.6. The lowest BCUT2D eigenvalue weighted by Crippen LogP contribution is -2.32. The maximum Gasteiger partial charge on any atom is 0.256 e. The SMILES string of the molecule is CCCCN1C(=O)c2ccccc2[C@H]1O[C@H](C)CC. The second-order valence-electron chi connectivity index (χ2n) is 5.15. The van der Waals surface area contributed by atoms with Gasteiger partial charge in [-0.15, -0.1) is 0 Å². The standard InChI is InChI=1S/C16H23NO2/c1-4-6-11-17-15(18)13-9-7-8-10-14(13)16(17)19-12(3)5-2/h7-10,12,16H,4-6,11H2,1-3H3/t12-,16-/m1/s1. The van der Waals surface area contributed by atoms with Crippen LogP contribution in [0.3, 0.4) is 0 Å². The van der Waals surface area contributed by atoms with Gasteiger partial charge in [0.15, 0.2) is 6.23 Å². The summed E-state index contributed by atoms with van der Waals surface area (Å²) in [6.45, 7) is 7.07. The van der Waals surface area contributed by atoms with Crippen molar-refractivity contribution < 1.29 is 9.53 Å². The van der Waals surface area contributed by atoms with Crippen LogP contribution in [0, 0.1) is 0 Å². The summed E-state index contributed by atoms with van der Waals surface area (Å²) in [6.07, 6.45) is 3.00. The van der Waals surface area contributed by atoms with Crippen molar-refractivity contribution >= 4 is 5.91 Å². The number of hydrogen-bond donors (Lipinski definition) is 0. The maximum atomic E-state index is 12.4. The highest BCUT2D eigenvalue weighted by atomic mass is 16.5. The second-order valence-corrected chi connectivity index (χ2v) is 5.15. The molecule has 0 aromatic heterocycles. The van der Waals surface area contributed by atoms with Crippen LogP contribution in [-0.2, 0) is 4.74 Å². The number of fused-ring (bicyclic) bond motifs is 1. The lowest BCUT2D eigenvalue weighted by Gasteiger charge is -2.27. The molecule has 1 heterocycles. The molecular formula is C16H23NO2. The second kappa shape index (κ2) is 6.20. The zero-order valence-corrected chi connectivity index (χ0v) is 12.1. The molecule has 0 bridgehead atoms. The third-order valence-electron chi connectivity index (χ3n) is 3.69. The summed E-state index contributed by atoms with van der Waals surface area (Å²) in [5.74, 6) is 0.109. The van der Waals surface area contributed by atoms with E-state index in [1.165, 1.54) is 0 Å². The highest BCUT2D eigenvalue weighted by Crippen LogP contribution is 2.35. The van der Waals surface area contributed by atoms with E-state index in [9.17, 15) is 4.79 Å². The summed E-state index contributed by atoms with van der Waals surface area (Å²) in [5.41, 5.74) is 1.82. The lowest BCUT2D eigenvalue weighted by atomic mass is 10.1. The number of ether oxygens (including phenoxy) is 1. The molecule has 1 aliphatic heterocycles. The third kappa shape index (κ3) is 2.81. The van der Waals surface area contributed by atoms with Gasteiger partial charge in [0.1, 0.15) is 0 Å². The topological polar surface area (TPSA) is 29.5 Å². The number of carbonyl (C=O) groups is 1. The van der Waals surface area contributed by atoms with E-state index < -0.39 is 0 Å². The van der Waals surface area contributed by atoms with Crippen molar-refractivity contribution in [2.24, 2.45) is 0 Å². The van der Waals surface area contributed by atoms with Gasteiger partial charge in [0, 0.05) is 17.7 Å². The van der Waals surface area contributed by atoms with Crippen molar-refractivity contribution in [2.45, 2.75) is 52.4 Å². The Morgan fingerprint density at radius 1 is 1.32 bits per heavy atom. The maximum absolute atomic E-state index is 12.4. The summed E-state index contributed by atoms with van der Waals surface area (Å²) in [5, 5.41) is 0. The van der Waals surface area contributed by atoms with Crippen molar-refractivity contribution in [3.63, 3.8) is 0 Å². The first-order valence-corrected chi connectivity index (χ1v) is 7.24. The van der Waals surface area contributed by atoms with Gasteiger partial charge in [-0.25, -0.2) is 0 Å². The number of hydrogen-bond acceptors (Lipinski definition) is 2.